The van der Waals surface area contributed by atoms with Crippen LogP contribution in [0.4, 0.5) is 11.5 Å². The Balaban J connectivity index is 1.46. The fourth-order valence-corrected chi connectivity index (χ4v) is 5.23. The van der Waals surface area contributed by atoms with E-state index in [-0.39, 0.29) is 24.1 Å². The zero-order chi connectivity index (χ0) is 26.8. The molecule has 12 heteroatoms. The second-order valence-corrected chi connectivity index (χ2v) is 12.6. The van der Waals surface area contributed by atoms with Crippen LogP contribution in [0.3, 0.4) is 0 Å². The molecule has 200 valence electrons. The van der Waals surface area contributed by atoms with E-state index in [9.17, 15) is 23.6 Å². The molecule has 0 radical (unpaired) electrons. The van der Waals surface area contributed by atoms with Crippen molar-refractivity contribution < 1.29 is 18.3 Å². The van der Waals surface area contributed by atoms with E-state index in [2.05, 4.69) is 26.1 Å². The van der Waals surface area contributed by atoms with Gasteiger partial charge in [-0.1, -0.05) is 12.1 Å². The SMILES string of the molecule is CC(C)S(=O)(=O)Nc1cccc(CN2CCC(CC#N)(n3cc(C(N)O)c(NC(=O)C4CC4)n3)CC2)c1. The standard InChI is InChI=1S/C25H35N7O4S/c1-17(2)37(35,36)30-20-5-3-4-18(14-20)15-31-12-9-25(8-11-26,10-13-31)32-16-21(22(27)33)23(29-32)28-24(34)19-6-7-19/h3-5,14,16-17,19,22,30,33H,6-10,12-13,15,27H2,1-2H3,(H,28,29,34). The number of nitriles is 1. The molecule has 1 saturated heterocycles. The van der Waals surface area contributed by atoms with Crippen LogP contribution in [0.1, 0.15) is 63.3 Å². The second-order valence-electron chi connectivity index (χ2n) is 10.3. The molecule has 2 heterocycles. The predicted molar refractivity (Wildman–Crippen MR) is 140 cm³/mol. The number of carbonyl (C=O) groups is 1. The lowest BCUT2D eigenvalue weighted by Crippen LogP contribution is -2.46. The van der Waals surface area contributed by atoms with Gasteiger partial charge in [0.1, 0.15) is 6.23 Å². The molecule has 1 aromatic heterocycles. The van der Waals surface area contributed by atoms with E-state index in [0.29, 0.717) is 43.7 Å². The molecule has 1 saturated carbocycles. The van der Waals surface area contributed by atoms with Gasteiger partial charge in [0.05, 0.1) is 28.8 Å². The summed E-state index contributed by atoms with van der Waals surface area (Å²) in [5, 5.41) is 26.5. The quantitative estimate of drug-likeness (QED) is 0.340. The number of hydrogen-bond acceptors (Lipinski definition) is 8. The minimum atomic E-state index is -3.43. The molecule has 1 atom stereocenters. The van der Waals surface area contributed by atoms with Gasteiger partial charge in [-0.25, -0.2) is 8.42 Å². The number of benzene rings is 1. The average Bonchev–Trinajstić information content (AvgIpc) is 3.60. The third kappa shape index (κ3) is 6.30. The van der Waals surface area contributed by atoms with E-state index in [4.69, 9.17) is 5.73 Å². The molecule has 1 aromatic carbocycles. The Bertz CT molecular complexity index is 1270. The molecule has 2 aliphatic rings. The number of aliphatic hydroxyl groups excluding tert-OH is 1. The van der Waals surface area contributed by atoms with Crippen LogP contribution in [-0.4, -0.2) is 52.5 Å². The zero-order valence-corrected chi connectivity index (χ0v) is 22.0. The van der Waals surface area contributed by atoms with Crippen molar-refractivity contribution in [1.82, 2.24) is 14.7 Å². The first-order valence-corrected chi connectivity index (χ1v) is 14.1. The van der Waals surface area contributed by atoms with Crippen molar-refractivity contribution in [3.05, 3.63) is 41.6 Å². The van der Waals surface area contributed by atoms with E-state index >= 15 is 0 Å². The maximum Gasteiger partial charge on any atom is 0.235 e. The lowest BCUT2D eigenvalue weighted by molar-refractivity contribution is -0.117. The van der Waals surface area contributed by atoms with Crippen LogP contribution in [0.5, 0.6) is 0 Å². The number of carbonyl (C=O) groups excluding carboxylic acids is 1. The fourth-order valence-electron chi connectivity index (χ4n) is 4.54. The Hall–Kier alpha value is -2.98. The van der Waals surface area contributed by atoms with E-state index in [1.807, 2.05) is 18.2 Å². The highest BCUT2D eigenvalue weighted by atomic mass is 32.2. The van der Waals surface area contributed by atoms with Crippen molar-refractivity contribution in [1.29, 1.82) is 5.26 Å². The minimum absolute atomic E-state index is 0.0246. The third-order valence-corrected chi connectivity index (χ3v) is 8.91. The van der Waals surface area contributed by atoms with Crippen molar-refractivity contribution in [3.8, 4) is 6.07 Å². The van der Waals surface area contributed by atoms with Crippen LogP contribution in [0.15, 0.2) is 30.5 Å². The van der Waals surface area contributed by atoms with Gasteiger partial charge in [-0.3, -0.25) is 19.1 Å². The van der Waals surface area contributed by atoms with Gasteiger partial charge in [-0.2, -0.15) is 10.4 Å². The molecule has 1 amide bonds. The number of nitrogens with two attached hydrogens (primary N) is 1. The van der Waals surface area contributed by atoms with Crippen molar-refractivity contribution in [2.45, 2.75) is 69.5 Å². The number of sulfonamides is 1. The first kappa shape index (κ1) is 27.1. The highest BCUT2D eigenvalue weighted by Crippen LogP contribution is 2.36. The first-order valence-electron chi connectivity index (χ1n) is 12.6. The van der Waals surface area contributed by atoms with Gasteiger partial charge in [-0.15, -0.1) is 0 Å². The maximum absolute atomic E-state index is 12.3. The summed E-state index contributed by atoms with van der Waals surface area (Å²) in [5.74, 6) is 0.0879. The van der Waals surface area contributed by atoms with Crippen LogP contribution < -0.4 is 15.8 Å². The summed E-state index contributed by atoms with van der Waals surface area (Å²) in [4.78, 5) is 14.6. The monoisotopic (exact) mass is 529 g/mol. The van der Waals surface area contributed by atoms with Gasteiger partial charge >= 0.3 is 0 Å². The normalized spacial score (nSPS) is 18.8. The Morgan fingerprint density at radius 3 is 2.62 bits per heavy atom. The number of aromatic nitrogens is 2. The number of likely N-dealkylation sites (tertiary alicyclic amines) is 1. The summed E-state index contributed by atoms with van der Waals surface area (Å²) >= 11 is 0. The Labute approximate surface area is 217 Å². The highest BCUT2D eigenvalue weighted by molar-refractivity contribution is 7.93. The van der Waals surface area contributed by atoms with Gasteiger partial charge in [-0.05, 0) is 57.2 Å². The maximum atomic E-state index is 12.3. The molecule has 0 spiro atoms. The molecule has 5 N–H and O–H groups in total. The third-order valence-electron chi connectivity index (χ3n) is 7.15. The largest absolute Gasteiger partial charge is 0.374 e. The molecule has 2 fully saturated rings. The summed E-state index contributed by atoms with van der Waals surface area (Å²) in [7, 11) is -3.43. The molecule has 4 rings (SSSR count). The lowest BCUT2D eigenvalue weighted by atomic mass is 9.84. The average molecular weight is 530 g/mol. The van der Waals surface area contributed by atoms with Crippen LogP contribution >= 0.6 is 0 Å². The minimum Gasteiger partial charge on any atom is -0.374 e. The number of hydrogen-bond donors (Lipinski definition) is 4. The van der Waals surface area contributed by atoms with Crippen molar-refractivity contribution >= 4 is 27.4 Å². The smallest absolute Gasteiger partial charge is 0.235 e. The van der Waals surface area contributed by atoms with Crippen LogP contribution in [-0.2, 0) is 26.9 Å². The molecule has 37 heavy (non-hydrogen) atoms. The number of nitrogens with one attached hydrogen (secondary N) is 2. The molecule has 1 aliphatic heterocycles. The van der Waals surface area contributed by atoms with Crippen LogP contribution in [0, 0.1) is 17.2 Å². The van der Waals surface area contributed by atoms with E-state index in [1.54, 1.807) is 30.8 Å². The number of aliphatic hydroxyl groups is 1. The Morgan fingerprint density at radius 2 is 2.03 bits per heavy atom. The lowest BCUT2D eigenvalue weighted by Gasteiger charge is -2.40. The zero-order valence-electron chi connectivity index (χ0n) is 21.2. The molecule has 0 bridgehead atoms. The van der Waals surface area contributed by atoms with Crippen LogP contribution in [0.25, 0.3) is 0 Å². The second kappa shape index (κ2) is 10.8. The van der Waals surface area contributed by atoms with Gasteiger partial charge in [0.25, 0.3) is 0 Å². The van der Waals surface area contributed by atoms with Gasteiger partial charge in [0, 0.05) is 37.4 Å². The molecule has 1 unspecified atom stereocenters. The summed E-state index contributed by atoms with van der Waals surface area (Å²) < 4.78 is 28.8. The van der Waals surface area contributed by atoms with Gasteiger partial charge in [0.15, 0.2) is 5.82 Å². The van der Waals surface area contributed by atoms with Crippen molar-refractivity contribution in [3.63, 3.8) is 0 Å². The molecular formula is C25H35N7O4S. The molecule has 11 nitrogen and oxygen atoms in total. The molecule has 1 aliphatic carbocycles. The van der Waals surface area contributed by atoms with Gasteiger partial charge in [0.2, 0.25) is 15.9 Å². The van der Waals surface area contributed by atoms with Crippen molar-refractivity contribution in [2.24, 2.45) is 11.7 Å². The number of nitrogens with zero attached hydrogens (tertiary/aromatic N) is 4. The molecular weight excluding hydrogens is 494 g/mol. The number of piperidine rings is 1. The highest BCUT2D eigenvalue weighted by Gasteiger charge is 2.39. The van der Waals surface area contributed by atoms with Crippen molar-refractivity contribution in [2.75, 3.05) is 23.1 Å². The van der Waals surface area contributed by atoms with E-state index < -0.39 is 27.0 Å². The summed E-state index contributed by atoms with van der Waals surface area (Å²) in [5.41, 5.74) is 7.00. The first-order chi connectivity index (χ1) is 17.5. The Morgan fingerprint density at radius 1 is 1.32 bits per heavy atom. The Kier molecular flexibility index (Phi) is 7.89. The van der Waals surface area contributed by atoms with Gasteiger partial charge < -0.3 is 16.2 Å². The summed E-state index contributed by atoms with van der Waals surface area (Å²) in [6.07, 6.45) is 3.52. The summed E-state index contributed by atoms with van der Waals surface area (Å²) in [6, 6.07) is 9.65. The van der Waals surface area contributed by atoms with Crippen LogP contribution in [0.2, 0.25) is 0 Å². The number of anilines is 2. The molecule has 2 aromatic rings. The van der Waals surface area contributed by atoms with E-state index in [1.165, 1.54) is 0 Å². The number of rotatable bonds is 10. The van der Waals surface area contributed by atoms with E-state index in [0.717, 1.165) is 18.4 Å². The topological polar surface area (TPSA) is 166 Å². The fraction of sp³-hybridized carbons (Fsp3) is 0.560. The number of amides is 1. The summed E-state index contributed by atoms with van der Waals surface area (Å²) in [6.45, 7) is 5.28. The predicted octanol–water partition coefficient (Wildman–Crippen LogP) is 2.24.